The molecular formula is C19H25FN2O3. The Bertz CT molecular complexity index is 663. The number of benzene rings is 1. The normalized spacial score (nSPS) is 28.3. The van der Waals surface area contributed by atoms with E-state index in [1.165, 1.54) is 0 Å². The summed E-state index contributed by atoms with van der Waals surface area (Å²) in [5.74, 6) is -0.155. The quantitative estimate of drug-likeness (QED) is 0.910. The van der Waals surface area contributed by atoms with Crippen molar-refractivity contribution in [1.29, 1.82) is 0 Å². The molecule has 4 rings (SSSR count). The smallest absolute Gasteiger partial charge is 0.408 e. The fourth-order valence-corrected chi connectivity index (χ4v) is 3.98. The number of ether oxygens (including phenoxy) is 1. The first-order chi connectivity index (χ1) is 11.7. The molecule has 0 spiro atoms. The molecule has 1 saturated carbocycles. The van der Waals surface area contributed by atoms with Crippen LogP contribution < -0.4 is 5.32 Å². The van der Waals surface area contributed by atoms with Crippen molar-refractivity contribution in [2.45, 2.75) is 51.3 Å². The van der Waals surface area contributed by atoms with Crippen LogP contribution in [0.4, 0.5) is 9.18 Å². The largest absolute Gasteiger partial charge is 0.444 e. The summed E-state index contributed by atoms with van der Waals surface area (Å²) in [6.45, 7) is 5.60. The van der Waals surface area contributed by atoms with E-state index in [2.05, 4.69) is 5.32 Å². The number of hydrogen-bond acceptors (Lipinski definition) is 3. The van der Waals surface area contributed by atoms with Crippen LogP contribution in [0.3, 0.4) is 0 Å². The molecule has 0 unspecified atom stereocenters. The molecular weight excluding hydrogens is 323 g/mol. The van der Waals surface area contributed by atoms with Crippen molar-refractivity contribution in [3.63, 3.8) is 0 Å². The molecule has 3 aliphatic rings. The van der Waals surface area contributed by atoms with E-state index in [4.69, 9.17) is 4.74 Å². The van der Waals surface area contributed by atoms with Crippen LogP contribution in [0.2, 0.25) is 0 Å². The summed E-state index contributed by atoms with van der Waals surface area (Å²) in [4.78, 5) is 26.8. The third-order valence-electron chi connectivity index (χ3n) is 4.82. The van der Waals surface area contributed by atoms with Gasteiger partial charge in [0.15, 0.2) is 0 Å². The number of halogens is 1. The van der Waals surface area contributed by atoms with Gasteiger partial charge < -0.3 is 15.0 Å². The van der Waals surface area contributed by atoms with Crippen LogP contribution in [0.1, 0.15) is 39.2 Å². The van der Waals surface area contributed by atoms with Gasteiger partial charge in [0.1, 0.15) is 11.1 Å². The molecule has 1 N–H and O–H groups in total. The molecule has 25 heavy (non-hydrogen) atoms. The Kier molecular flexibility index (Phi) is 4.25. The fourth-order valence-electron chi connectivity index (χ4n) is 3.98. The molecule has 0 aromatic heterocycles. The van der Waals surface area contributed by atoms with Gasteiger partial charge in [-0.05, 0) is 39.2 Å². The second-order valence-electron chi connectivity index (χ2n) is 8.34. The van der Waals surface area contributed by atoms with Crippen molar-refractivity contribution in [2.24, 2.45) is 5.41 Å². The molecule has 1 aromatic rings. The van der Waals surface area contributed by atoms with Gasteiger partial charge in [-0.25, -0.2) is 4.79 Å². The summed E-state index contributed by atoms with van der Waals surface area (Å²) in [6.07, 6.45) is 0.0366. The summed E-state index contributed by atoms with van der Waals surface area (Å²) < 4.78 is 18.9. The predicted molar refractivity (Wildman–Crippen MR) is 91.6 cm³/mol. The number of nitrogens with one attached hydrogen (secondary N) is 1. The maximum atomic E-state index is 13.6. The molecule has 0 atom stereocenters. The van der Waals surface area contributed by atoms with Gasteiger partial charge in [0, 0.05) is 18.5 Å². The number of nitrogens with zero attached hydrogens (tertiary/aromatic N) is 1. The van der Waals surface area contributed by atoms with Crippen LogP contribution >= 0.6 is 0 Å². The molecule has 3 fully saturated rings. The molecule has 5 nitrogen and oxygen atoms in total. The van der Waals surface area contributed by atoms with Crippen LogP contribution in [0.15, 0.2) is 30.3 Å². The summed E-state index contributed by atoms with van der Waals surface area (Å²) in [5, 5.41) is 2.72. The number of hydrogen-bond donors (Lipinski definition) is 1. The molecule has 2 heterocycles. The second-order valence-corrected chi connectivity index (χ2v) is 8.34. The standard InChI is InChI=1S/C19H25FN2O3/c1-17(2,3)25-16(24)21-19-10-18(11-19,12-20)13-22(15(19)23)9-14-7-5-4-6-8-14/h4-8H,9-13H2,1-3H3,(H,21,24). The molecule has 0 radical (unpaired) electrons. The zero-order chi connectivity index (χ0) is 18.3. The number of alkyl carbamates (subject to hydrolysis) is 1. The highest BCUT2D eigenvalue weighted by Gasteiger charge is 2.65. The van der Waals surface area contributed by atoms with Gasteiger partial charge in [-0.15, -0.1) is 0 Å². The van der Waals surface area contributed by atoms with Gasteiger partial charge in [-0.1, -0.05) is 30.3 Å². The van der Waals surface area contributed by atoms with Crippen molar-refractivity contribution < 1.29 is 18.7 Å². The van der Waals surface area contributed by atoms with E-state index in [0.29, 0.717) is 25.9 Å². The molecule has 2 bridgehead atoms. The Morgan fingerprint density at radius 3 is 2.48 bits per heavy atom. The van der Waals surface area contributed by atoms with Crippen LogP contribution in [-0.2, 0) is 16.1 Å². The number of fused-ring (bicyclic) bond motifs is 2. The van der Waals surface area contributed by atoms with Gasteiger partial charge >= 0.3 is 6.09 Å². The van der Waals surface area contributed by atoms with Crippen molar-refractivity contribution in [2.75, 3.05) is 13.2 Å². The number of rotatable bonds is 4. The lowest BCUT2D eigenvalue weighted by Gasteiger charge is -2.61. The van der Waals surface area contributed by atoms with E-state index in [9.17, 15) is 14.0 Å². The Hall–Kier alpha value is -2.11. The SMILES string of the molecule is CC(C)(C)OC(=O)NC12CC(CF)(CN(Cc3ccccc3)C1=O)C2. The third-order valence-corrected chi connectivity index (χ3v) is 4.82. The van der Waals surface area contributed by atoms with E-state index < -0.39 is 29.3 Å². The zero-order valence-corrected chi connectivity index (χ0v) is 15.0. The lowest BCUT2D eigenvalue weighted by atomic mass is 9.54. The van der Waals surface area contributed by atoms with Crippen molar-refractivity contribution in [3.8, 4) is 0 Å². The average Bonchev–Trinajstić information content (AvgIpc) is 2.49. The summed E-state index contributed by atoms with van der Waals surface area (Å²) in [5.41, 5.74) is -1.26. The predicted octanol–water partition coefficient (Wildman–Crippen LogP) is 3.04. The van der Waals surface area contributed by atoms with Gasteiger partial charge in [-0.3, -0.25) is 9.18 Å². The second kappa shape index (κ2) is 6.00. The highest BCUT2D eigenvalue weighted by atomic mass is 19.1. The van der Waals surface area contributed by atoms with Crippen molar-refractivity contribution in [1.82, 2.24) is 10.2 Å². The van der Waals surface area contributed by atoms with Gasteiger partial charge in [0.25, 0.3) is 0 Å². The minimum Gasteiger partial charge on any atom is -0.444 e. The number of carbonyl (C=O) groups is 2. The lowest BCUT2D eigenvalue weighted by molar-refractivity contribution is -0.171. The molecule has 1 aliphatic carbocycles. The maximum Gasteiger partial charge on any atom is 0.408 e. The van der Waals surface area contributed by atoms with E-state index in [1.807, 2.05) is 30.3 Å². The first-order valence-corrected chi connectivity index (χ1v) is 8.58. The molecule has 2 aliphatic heterocycles. The highest BCUT2D eigenvalue weighted by Crippen LogP contribution is 2.54. The Labute approximate surface area is 147 Å². The topological polar surface area (TPSA) is 58.6 Å². The zero-order valence-electron chi connectivity index (χ0n) is 15.0. The molecule has 136 valence electrons. The number of alkyl halides is 1. The van der Waals surface area contributed by atoms with Crippen LogP contribution in [-0.4, -0.2) is 41.3 Å². The highest BCUT2D eigenvalue weighted by molar-refractivity contribution is 5.93. The van der Waals surface area contributed by atoms with Crippen LogP contribution in [0.5, 0.6) is 0 Å². The number of carbonyl (C=O) groups excluding carboxylic acids is 2. The first-order valence-electron chi connectivity index (χ1n) is 8.58. The third kappa shape index (κ3) is 3.48. The minimum atomic E-state index is -1.04. The Balaban J connectivity index is 1.76. The van der Waals surface area contributed by atoms with E-state index in [0.717, 1.165) is 5.56 Å². The van der Waals surface area contributed by atoms with E-state index in [-0.39, 0.29) is 5.91 Å². The molecule has 6 heteroatoms. The minimum absolute atomic E-state index is 0.155. The number of amides is 2. The van der Waals surface area contributed by atoms with Gasteiger partial charge in [-0.2, -0.15) is 0 Å². The van der Waals surface area contributed by atoms with Crippen LogP contribution in [0.25, 0.3) is 0 Å². The molecule has 2 saturated heterocycles. The monoisotopic (exact) mass is 348 g/mol. The van der Waals surface area contributed by atoms with Crippen molar-refractivity contribution >= 4 is 12.0 Å². The summed E-state index contributed by atoms with van der Waals surface area (Å²) in [6, 6.07) is 9.59. The lowest BCUT2D eigenvalue weighted by Crippen LogP contribution is -2.76. The first kappa shape index (κ1) is 17.7. The Morgan fingerprint density at radius 2 is 1.92 bits per heavy atom. The van der Waals surface area contributed by atoms with Crippen LogP contribution in [0, 0.1) is 5.41 Å². The van der Waals surface area contributed by atoms with Gasteiger partial charge in [0.2, 0.25) is 5.91 Å². The average molecular weight is 348 g/mol. The summed E-state index contributed by atoms with van der Waals surface area (Å²) in [7, 11) is 0. The molecule has 1 aromatic carbocycles. The molecule has 2 amide bonds. The number of piperidine rings is 2. The van der Waals surface area contributed by atoms with E-state index in [1.54, 1.807) is 25.7 Å². The maximum absolute atomic E-state index is 13.6. The fraction of sp³-hybridized carbons (Fsp3) is 0.579. The summed E-state index contributed by atoms with van der Waals surface area (Å²) >= 11 is 0. The van der Waals surface area contributed by atoms with Crippen molar-refractivity contribution in [3.05, 3.63) is 35.9 Å². The Morgan fingerprint density at radius 1 is 1.28 bits per heavy atom. The van der Waals surface area contributed by atoms with E-state index >= 15 is 0 Å². The van der Waals surface area contributed by atoms with Gasteiger partial charge in [0.05, 0.1) is 6.67 Å².